The van der Waals surface area contributed by atoms with Crippen molar-refractivity contribution in [2.45, 2.75) is 6.10 Å². The highest BCUT2D eigenvalue weighted by molar-refractivity contribution is 5.77. The zero-order valence-electron chi connectivity index (χ0n) is 6.40. The van der Waals surface area contributed by atoms with E-state index in [1.807, 2.05) is 0 Å². The average molecular weight is 174 g/mol. The normalized spacial score (nSPS) is 22.6. The largest absolute Gasteiger partial charge is 0.480 e. The van der Waals surface area contributed by atoms with Gasteiger partial charge in [0.05, 0.1) is 6.54 Å². The van der Waals surface area contributed by atoms with Crippen LogP contribution in [0.3, 0.4) is 0 Å². The Morgan fingerprint density at radius 2 is 2.50 bits per heavy atom. The van der Waals surface area contributed by atoms with Crippen molar-refractivity contribution in [1.82, 2.24) is 4.90 Å². The third kappa shape index (κ3) is 1.85. The molecule has 12 heavy (non-hydrogen) atoms. The van der Waals surface area contributed by atoms with Crippen LogP contribution in [-0.4, -0.2) is 47.8 Å². The zero-order valence-corrected chi connectivity index (χ0v) is 6.40. The maximum absolute atomic E-state index is 10.9. The Kier molecular flexibility index (Phi) is 2.49. The number of hydrogen-bond donors (Lipinski definition) is 2. The number of rotatable bonds is 3. The van der Waals surface area contributed by atoms with Crippen LogP contribution in [0.5, 0.6) is 0 Å². The van der Waals surface area contributed by atoms with Gasteiger partial charge in [0.2, 0.25) is 0 Å². The second kappa shape index (κ2) is 3.40. The fourth-order valence-electron chi connectivity index (χ4n) is 0.990. The molecule has 6 nitrogen and oxygen atoms in total. The summed E-state index contributed by atoms with van der Waals surface area (Å²) in [6.07, 6.45) is -0.968. The number of ether oxygens (including phenoxy) is 1. The number of carboxylic acids is 1. The maximum Gasteiger partial charge on any atom is 0.410 e. The number of carboxylic acid groups (broad SMARTS) is 1. The van der Waals surface area contributed by atoms with Gasteiger partial charge in [-0.05, 0) is 0 Å². The first kappa shape index (κ1) is 8.79. The summed E-state index contributed by atoms with van der Waals surface area (Å²) < 4.78 is 4.72. The van der Waals surface area contributed by atoms with Crippen LogP contribution in [0.25, 0.3) is 0 Å². The Morgan fingerprint density at radius 1 is 1.83 bits per heavy atom. The fourth-order valence-corrected chi connectivity index (χ4v) is 0.990. The van der Waals surface area contributed by atoms with E-state index in [2.05, 4.69) is 0 Å². The Balaban J connectivity index is 2.46. The van der Waals surface area contributed by atoms with Crippen molar-refractivity contribution in [3.63, 3.8) is 0 Å². The highest BCUT2D eigenvalue weighted by Gasteiger charge is 2.31. The number of hydrogen-bond acceptors (Lipinski definition) is 4. The molecule has 0 aromatic rings. The van der Waals surface area contributed by atoms with E-state index in [9.17, 15) is 9.59 Å². The summed E-state index contributed by atoms with van der Waals surface area (Å²) in [5.41, 5.74) is 5.24. The topological polar surface area (TPSA) is 92.9 Å². The molecule has 1 fully saturated rings. The minimum absolute atomic E-state index is 0.224. The molecular formula is C6H10N2O4. The molecule has 0 aromatic carbocycles. The van der Waals surface area contributed by atoms with Crippen LogP contribution in [-0.2, 0) is 9.53 Å². The van der Waals surface area contributed by atoms with Crippen LogP contribution in [0.15, 0.2) is 0 Å². The lowest BCUT2D eigenvalue weighted by Crippen LogP contribution is -2.32. The summed E-state index contributed by atoms with van der Waals surface area (Å²) in [5.74, 6) is -1.05. The van der Waals surface area contributed by atoms with E-state index in [0.717, 1.165) is 4.90 Å². The van der Waals surface area contributed by atoms with Crippen LogP contribution >= 0.6 is 0 Å². The molecule has 0 spiro atoms. The van der Waals surface area contributed by atoms with Crippen molar-refractivity contribution in [3.05, 3.63) is 0 Å². The predicted molar refractivity (Wildman–Crippen MR) is 38.5 cm³/mol. The summed E-state index contributed by atoms with van der Waals surface area (Å²) in [4.78, 5) is 22.2. The molecule has 1 heterocycles. The fraction of sp³-hybridized carbons (Fsp3) is 0.667. The predicted octanol–water partition coefficient (Wildman–Crippen LogP) is -1.15. The quantitative estimate of drug-likeness (QED) is 0.563. The van der Waals surface area contributed by atoms with Crippen molar-refractivity contribution < 1.29 is 19.4 Å². The van der Waals surface area contributed by atoms with E-state index >= 15 is 0 Å². The van der Waals surface area contributed by atoms with E-state index in [1.54, 1.807) is 0 Å². The first-order valence-electron chi connectivity index (χ1n) is 3.51. The molecule has 1 saturated heterocycles. The minimum Gasteiger partial charge on any atom is -0.480 e. The maximum atomic E-state index is 10.9. The van der Waals surface area contributed by atoms with E-state index < -0.39 is 12.1 Å². The molecule has 1 rings (SSSR count). The van der Waals surface area contributed by atoms with Gasteiger partial charge < -0.3 is 15.6 Å². The van der Waals surface area contributed by atoms with Gasteiger partial charge in [-0.25, -0.2) is 4.79 Å². The molecule has 1 aliphatic heterocycles. The van der Waals surface area contributed by atoms with Crippen LogP contribution in [0.4, 0.5) is 4.79 Å². The number of nitrogens with two attached hydrogens (primary N) is 1. The number of nitrogens with zero attached hydrogens (tertiary/aromatic N) is 1. The highest BCUT2D eigenvalue weighted by Crippen LogP contribution is 2.08. The van der Waals surface area contributed by atoms with Crippen LogP contribution in [0.2, 0.25) is 0 Å². The van der Waals surface area contributed by atoms with Gasteiger partial charge >= 0.3 is 12.1 Å². The molecule has 68 valence electrons. The Labute approximate surface area is 68.9 Å². The minimum atomic E-state index is -1.05. The van der Waals surface area contributed by atoms with Crippen molar-refractivity contribution in [2.75, 3.05) is 19.6 Å². The van der Waals surface area contributed by atoms with E-state index in [1.165, 1.54) is 0 Å². The number of cyclic esters (lactones) is 1. The Bertz CT molecular complexity index is 206. The summed E-state index contributed by atoms with van der Waals surface area (Å²) in [6, 6.07) is 0. The van der Waals surface area contributed by atoms with Gasteiger partial charge in [-0.2, -0.15) is 0 Å². The van der Waals surface area contributed by atoms with Crippen molar-refractivity contribution in [3.8, 4) is 0 Å². The number of amides is 1. The summed E-state index contributed by atoms with van der Waals surface area (Å²) in [6.45, 7) is 0.166. The average Bonchev–Trinajstić information content (AvgIpc) is 2.31. The van der Waals surface area contributed by atoms with Gasteiger partial charge in [-0.15, -0.1) is 0 Å². The Hall–Kier alpha value is -1.30. The first-order chi connectivity index (χ1) is 5.63. The second-order valence-corrected chi connectivity index (χ2v) is 2.52. The molecule has 0 radical (unpaired) electrons. The molecular weight excluding hydrogens is 164 g/mol. The molecule has 0 saturated carbocycles. The highest BCUT2D eigenvalue weighted by atomic mass is 16.6. The van der Waals surface area contributed by atoms with Crippen LogP contribution < -0.4 is 5.73 Å². The number of carbonyl (C=O) groups is 2. The molecule has 0 bridgehead atoms. The molecule has 1 amide bonds. The first-order valence-corrected chi connectivity index (χ1v) is 3.51. The van der Waals surface area contributed by atoms with Gasteiger partial charge in [0, 0.05) is 6.54 Å². The lowest BCUT2D eigenvalue weighted by atomic mass is 10.3. The zero-order chi connectivity index (χ0) is 9.14. The van der Waals surface area contributed by atoms with Crippen LogP contribution in [0, 0.1) is 0 Å². The third-order valence-corrected chi connectivity index (χ3v) is 1.54. The van der Waals surface area contributed by atoms with Gasteiger partial charge in [0.25, 0.3) is 0 Å². The molecule has 3 N–H and O–H groups in total. The molecule has 0 aromatic heterocycles. The third-order valence-electron chi connectivity index (χ3n) is 1.54. The summed E-state index contributed by atoms with van der Waals surface area (Å²) in [5, 5.41) is 8.37. The van der Waals surface area contributed by atoms with Crippen molar-refractivity contribution in [2.24, 2.45) is 5.73 Å². The van der Waals surface area contributed by atoms with Crippen LogP contribution in [0.1, 0.15) is 0 Å². The molecule has 0 aliphatic carbocycles. The molecule has 1 atom stereocenters. The van der Waals surface area contributed by atoms with E-state index in [-0.39, 0.29) is 25.7 Å². The van der Waals surface area contributed by atoms with Gasteiger partial charge in [-0.1, -0.05) is 0 Å². The number of carbonyl (C=O) groups excluding carboxylic acids is 1. The molecule has 1 unspecified atom stereocenters. The number of aliphatic carboxylic acids is 1. The second-order valence-electron chi connectivity index (χ2n) is 2.52. The van der Waals surface area contributed by atoms with E-state index in [4.69, 9.17) is 15.6 Å². The standard InChI is InChI=1S/C6H10N2O4/c7-1-4-2-8(3-5(9)10)6(11)12-4/h4H,1-3,7H2,(H,9,10). The van der Waals surface area contributed by atoms with Gasteiger partial charge in [-0.3, -0.25) is 9.69 Å². The smallest absolute Gasteiger partial charge is 0.410 e. The lowest BCUT2D eigenvalue weighted by Gasteiger charge is -2.07. The summed E-state index contributed by atoms with van der Waals surface area (Å²) in [7, 11) is 0. The summed E-state index contributed by atoms with van der Waals surface area (Å²) >= 11 is 0. The van der Waals surface area contributed by atoms with E-state index in [0.29, 0.717) is 0 Å². The molecule has 1 aliphatic rings. The van der Waals surface area contributed by atoms with Crippen molar-refractivity contribution >= 4 is 12.1 Å². The monoisotopic (exact) mass is 174 g/mol. The van der Waals surface area contributed by atoms with Crippen molar-refractivity contribution in [1.29, 1.82) is 0 Å². The van der Waals surface area contributed by atoms with Gasteiger partial charge in [0.15, 0.2) is 0 Å². The molecule has 6 heteroatoms. The Morgan fingerprint density at radius 3 is 2.92 bits per heavy atom. The SMILES string of the molecule is NCC1CN(CC(=O)O)C(=O)O1. The lowest BCUT2D eigenvalue weighted by molar-refractivity contribution is -0.137. The van der Waals surface area contributed by atoms with Gasteiger partial charge in [0.1, 0.15) is 12.6 Å².